The van der Waals surface area contributed by atoms with E-state index in [0.29, 0.717) is 12.1 Å². The smallest absolute Gasteiger partial charge is 0.325 e. The van der Waals surface area contributed by atoms with Crippen molar-refractivity contribution < 1.29 is 9.53 Å². The Hall–Kier alpha value is -0.610. The van der Waals surface area contributed by atoms with Gasteiger partial charge in [0.15, 0.2) is 0 Å². The lowest BCUT2D eigenvalue weighted by molar-refractivity contribution is -0.149. The minimum atomic E-state index is -0.769. The lowest BCUT2D eigenvalue weighted by atomic mass is 9.78. The molecule has 0 aliphatic heterocycles. The molecule has 0 aromatic heterocycles. The van der Waals surface area contributed by atoms with Gasteiger partial charge in [-0.3, -0.25) is 9.69 Å². The van der Waals surface area contributed by atoms with Gasteiger partial charge in [0.1, 0.15) is 5.54 Å². The number of nitrogens with two attached hydrogens (primary N) is 1. The van der Waals surface area contributed by atoms with E-state index in [-0.39, 0.29) is 5.97 Å². The van der Waals surface area contributed by atoms with Gasteiger partial charge in [0, 0.05) is 18.6 Å². The van der Waals surface area contributed by atoms with Crippen molar-refractivity contribution in [2.75, 3.05) is 13.7 Å². The molecule has 2 fully saturated rings. The van der Waals surface area contributed by atoms with Crippen molar-refractivity contribution in [1.82, 2.24) is 4.90 Å². The Morgan fingerprint density at radius 3 is 2.63 bits per heavy atom. The Balaban J connectivity index is 2.03. The number of esters is 1. The maximum Gasteiger partial charge on any atom is 0.325 e. The third-order valence-corrected chi connectivity index (χ3v) is 4.65. The van der Waals surface area contributed by atoms with Gasteiger partial charge < -0.3 is 10.5 Å². The highest BCUT2D eigenvalue weighted by Gasteiger charge is 2.43. The van der Waals surface area contributed by atoms with Crippen LogP contribution in [0.25, 0.3) is 0 Å². The highest BCUT2D eigenvalue weighted by molar-refractivity contribution is 5.80. The molecule has 2 aliphatic carbocycles. The first-order valence-corrected chi connectivity index (χ1v) is 7.59. The average Bonchev–Trinajstić information content (AvgIpc) is 3.18. The number of hydrogen-bond donors (Lipinski definition) is 1. The Morgan fingerprint density at radius 1 is 1.42 bits per heavy atom. The highest BCUT2D eigenvalue weighted by Crippen LogP contribution is 2.35. The van der Waals surface area contributed by atoms with Crippen LogP contribution in [-0.2, 0) is 9.53 Å². The van der Waals surface area contributed by atoms with Crippen LogP contribution in [0.2, 0.25) is 0 Å². The van der Waals surface area contributed by atoms with Gasteiger partial charge in [-0.2, -0.15) is 0 Å². The monoisotopic (exact) mass is 268 g/mol. The van der Waals surface area contributed by atoms with E-state index < -0.39 is 5.54 Å². The maximum absolute atomic E-state index is 11.9. The standard InChI is InChI=1S/C15H28N2O2/c1-11(2)17(10-12-6-7-12)13-5-4-8-15(16,9-13)14(18)19-3/h11-13H,4-10,16H2,1-3H3. The molecule has 0 spiro atoms. The van der Waals surface area contributed by atoms with Crippen molar-refractivity contribution in [3.63, 3.8) is 0 Å². The maximum atomic E-state index is 11.9. The minimum absolute atomic E-state index is 0.243. The van der Waals surface area contributed by atoms with Crippen LogP contribution in [0.5, 0.6) is 0 Å². The summed E-state index contributed by atoms with van der Waals surface area (Å²) in [5, 5.41) is 0. The van der Waals surface area contributed by atoms with Crippen molar-refractivity contribution in [1.29, 1.82) is 0 Å². The average molecular weight is 268 g/mol. The summed E-state index contributed by atoms with van der Waals surface area (Å²) < 4.78 is 4.89. The van der Waals surface area contributed by atoms with Gasteiger partial charge in [0.05, 0.1) is 7.11 Å². The van der Waals surface area contributed by atoms with Crippen LogP contribution in [0.4, 0.5) is 0 Å². The molecule has 0 amide bonds. The number of carbonyl (C=O) groups is 1. The largest absolute Gasteiger partial charge is 0.468 e. The van der Waals surface area contributed by atoms with E-state index >= 15 is 0 Å². The molecule has 2 saturated carbocycles. The molecule has 2 rings (SSSR count). The molecule has 4 nitrogen and oxygen atoms in total. The summed E-state index contributed by atoms with van der Waals surface area (Å²) in [6.45, 7) is 5.65. The first-order valence-electron chi connectivity index (χ1n) is 7.59. The van der Waals surface area contributed by atoms with E-state index in [9.17, 15) is 4.79 Å². The van der Waals surface area contributed by atoms with Crippen LogP contribution in [-0.4, -0.2) is 42.1 Å². The van der Waals surface area contributed by atoms with E-state index in [2.05, 4.69) is 18.7 Å². The summed E-state index contributed by atoms with van der Waals surface area (Å²) in [4.78, 5) is 14.5. The SMILES string of the molecule is COC(=O)C1(N)CCCC(N(CC2CC2)C(C)C)C1. The summed E-state index contributed by atoms with van der Waals surface area (Å²) >= 11 is 0. The number of rotatable bonds is 5. The normalized spacial score (nSPS) is 31.8. The van der Waals surface area contributed by atoms with Crippen LogP contribution in [0, 0.1) is 5.92 Å². The fourth-order valence-corrected chi connectivity index (χ4v) is 3.33. The molecule has 0 bridgehead atoms. The third kappa shape index (κ3) is 3.48. The zero-order valence-electron chi connectivity index (χ0n) is 12.5. The van der Waals surface area contributed by atoms with Gasteiger partial charge >= 0.3 is 5.97 Å². The van der Waals surface area contributed by atoms with Gasteiger partial charge in [0.2, 0.25) is 0 Å². The summed E-state index contributed by atoms with van der Waals surface area (Å²) in [6.07, 6.45) is 6.39. The predicted octanol–water partition coefficient (Wildman–Crippen LogP) is 1.92. The van der Waals surface area contributed by atoms with E-state index in [0.717, 1.165) is 31.6 Å². The molecule has 0 heterocycles. The lowest BCUT2D eigenvalue weighted by Gasteiger charge is -2.43. The minimum Gasteiger partial charge on any atom is -0.468 e. The molecule has 4 heteroatoms. The van der Waals surface area contributed by atoms with Gasteiger partial charge in [-0.05, 0) is 58.3 Å². The van der Waals surface area contributed by atoms with Crippen LogP contribution in [0.15, 0.2) is 0 Å². The van der Waals surface area contributed by atoms with Gasteiger partial charge in [-0.1, -0.05) is 0 Å². The second-order valence-electron chi connectivity index (χ2n) is 6.63. The second-order valence-corrected chi connectivity index (χ2v) is 6.63. The molecule has 2 unspecified atom stereocenters. The Morgan fingerprint density at radius 2 is 2.11 bits per heavy atom. The van der Waals surface area contributed by atoms with Crippen LogP contribution in [0.3, 0.4) is 0 Å². The zero-order chi connectivity index (χ0) is 14.0. The van der Waals surface area contributed by atoms with Crippen molar-refractivity contribution in [3.05, 3.63) is 0 Å². The molecule has 0 radical (unpaired) electrons. The van der Waals surface area contributed by atoms with Crippen molar-refractivity contribution in [2.24, 2.45) is 11.7 Å². The van der Waals surface area contributed by atoms with E-state index in [4.69, 9.17) is 10.5 Å². The van der Waals surface area contributed by atoms with Crippen LogP contribution in [0.1, 0.15) is 52.4 Å². The van der Waals surface area contributed by atoms with Gasteiger partial charge in [-0.15, -0.1) is 0 Å². The van der Waals surface area contributed by atoms with Gasteiger partial charge in [0.25, 0.3) is 0 Å². The molecule has 0 saturated heterocycles. The molecule has 2 N–H and O–H groups in total. The summed E-state index contributed by atoms with van der Waals surface area (Å²) in [5.41, 5.74) is 5.52. The molecular formula is C15H28N2O2. The van der Waals surface area contributed by atoms with Crippen LogP contribution >= 0.6 is 0 Å². The Labute approximate surface area is 116 Å². The summed E-state index contributed by atoms with van der Waals surface area (Å²) in [7, 11) is 1.44. The third-order valence-electron chi connectivity index (χ3n) is 4.65. The number of nitrogens with zero attached hydrogens (tertiary/aromatic N) is 1. The Bertz CT molecular complexity index is 328. The second kappa shape index (κ2) is 5.80. The van der Waals surface area contributed by atoms with Gasteiger partial charge in [-0.25, -0.2) is 0 Å². The molecule has 0 aromatic carbocycles. The molecule has 0 aromatic rings. The first kappa shape index (κ1) is 14.8. The van der Waals surface area contributed by atoms with E-state index in [1.807, 2.05) is 0 Å². The number of ether oxygens (including phenoxy) is 1. The number of carbonyl (C=O) groups excluding carboxylic acids is 1. The van der Waals surface area contributed by atoms with Crippen LogP contribution < -0.4 is 5.73 Å². The predicted molar refractivity (Wildman–Crippen MR) is 75.8 cm³/mol. The molecule has 110 valence electrons. The molecule has 19 heavy (non-hydrogen) atoms. The van der Waals surface area contributed by atoms with Crippen molar-refractivity contribution in [3.8, 4) is 0 Å². The van der Waals surface area contributed by atoms with E-state index in [1.165, 1.54) is 26.5 Å². The highest BCUT2D eigenvalue weighted by atomic mass is 16.5. The zero-order valence-corrected chi connectivity index (χ0v) is 12.5. The summed E-state index contributed by atoms with van der Waals surface area (Å²) in [6, 6.07) is 0.948. The fraction of sp³-hybridized carbons (Fsp3) is 0.933. The van der Waals surface area contributed by atoms with Crippen molar-refractivity contribution >= 4 is 5.97 Å². The number of hydrogen-bond acceptors (Lipinski definition) is 4. The molecular weight excluding hydrogens is 240 g/mol. The molecule has 2 aliphatic rings. The fourth-order valence-electron chi connectivity index (χ4n) is 3.33. The topological polar surface area (TPSA) is 55.6 Å². The number of methoxy groups -OCH3 is 1. The van der Waals surface area contributed by atoms with Crippen molar-refractivity contribution in [2.45, 2.75) is 70.0 Å². The lowest BCUT2D eigenvalue weighted by Crippen LogP contribution is -2.57. The first-order chi connectivity index (χ1) is 8.96. The summed E-state index contributed by atoms with van der Waals surface area (Å²) in [5.74, 6) is 0.627. The Kier molecular flexibility index (Phi) is 4.51. The quantitative estimate of drug-likeness (QED) is 0.774. The molecule has 2 atom stereocenters. The van der Waals surface area contributed by atoms with E-state index in [1.54, 1.807) is 0 Å².